The Morgan fingerprint density at radius 2 is 1.76 bits per heavy atom. The molecule has 0 aliphatic heterocycles. The molecular formula is C20H25NO4. The normalized spacial score (nSPS) is 11.5. The summed E-state index contributed by atoms with van der Waals surface area (Å²) in [5.41, 5.74) is 1.81. The van der Waals surface area contributed by atoms with Crippen molar-refractivity contribution >= 4 is 6.21 Å². The minimum atomic E-state index is -0.0529. The maximum Gasteiger partial charge on any atom is 0.123 e. The third kappa shape index (κ3) is 5.41. The Morgan fingerprint density at radius 3 is 2.44 bits per heavy atom. The molecule has 0 bridgehead atoms. The third-order valence-electron chi connectivity index (χ3n) is 3.67. The molecule has 5 heteroatoms. The summed E-state index contributed by atoms with van der Waals surface area (Å²) in [4.78, 5) is 0. The number of ether oxygens (including phenoxy) is 3. The summed E-state index contributed by atoms with van der Waals surface area (Å²) in [7, 11) is 1.66. The van der Waals surface area contributed by atoms with Gasteiger partial charge in [-0.3, -0.25) is 0 Å². The van der Waals surface area contributed by atoms with E-state index >= 15 is 0 Å². The molecule has 0 heterocycles. The molecule has 0 aliphatic rings. The zero-order valence-corrected chi connectivity index (χ0v) is 15.2. The van der Waals surface area contributed by atoms with Crippen molar-refractivity contribution in [1.29, 1.82) is 0 Å². The van der Waals surface area contributed by atoms with Gasteiger partial charge in [0.2, 0.25) is 0 Å². The van der Waals surface area contributed by atoms with Crippen molar-refractivity contribution in [2.75, 3.05) is 20.3 Å². The smallest absolute Gasteiger partial charge is 0.123 e. The lowest BCUT2D eigenvalue weighted by Gasteiger charge is -2.23. The maximum atomic E-state index is 8.58. The molecule has 0 radical (unpaired) electrons. The van der Waals surface area contributed by atoms with Crippen LogP contribution in [0.4, 0.5) is 0 Å². The van der Waals surface area contributed by atoms with Gasteiger partial charge in [-0.2, -0.15) is 0 Å². The highest BCUT2D eigenvalue weighted by molar-refractivity contribution is 5.79. The molecule has 0 aromatic heterocycles. The van der Waals surface area contributed by atoms with Crippen molar-refractivity contribution in [3.05, 3.63) is 53.6 Å². The van der Waals surface area contributed by atoms with Crippen LogP contribution < -0.4 is 14.2 Å². The lowest BCUT2D eigenvalue weighted by Crippen LogP contribution is -2.16. The summed E-state index contributed by atoms with van der Waals surface area (Å²) >= 11 is 0. The molecule has 0 saturated carbocycles. The zero-order chi connectivity index (χ0) is 18.3. The Bertz CT molecular complexity index is 720. The molecule has 0 amide bonds. The quantitative estimate of drug-likeness (QED) is 0.353. The van der Waals surface area contributed by atoms with Crippen LogP contribution in [0.3, 0.4) is 0 Å². The van der Waals surface area contributed by atoms with E-state index in [9.17, 15) is 0 Å². The van der Waals surface area contributed by atoms with Crippen LogP contribution in [0.5, 0.6) is 17.2 Å². The van der Waals surface area contributed by atoms with Gasteiger partial charge in [0.15, 0.2) is 0 Å². The first-order chi connectivity index (χ1) is 11.9. The minimum Gasteiger partial charge on any atom is -0.497 e. The molecule has 2 rings (SSSR count). The molecule has 0 atom stereocenters. The molecule has 5 nitrogen and oxygen atoms in total. The average molecular weight is 343 g/mol. The molecule has 2 aromatic carbocycles. The summed E-state index contributed by atoms with van der Waals surface area (Å²) < 4.78 is 16.9. The topological polar surface area (TPSA) is 60.3 Å². The standard InChI is InChI=1S/C20H25NO4/c1-20(2,3)18-13-16(23-4)8-9-19(18)25-11-10-24-17-7-5-6-15(12-17)14-21-22/h5-9,12-14,22H,10-11H2,1-4H3. The fourth-order valence-corrected chi connectivity index (χ4v) is 2.41. The number of benzene rings is 2. The molecule has 25 heavy (non-hydrogen) atoms. The third-order valence-corrected chi connectivity index (χ3v) is 3.67. The van der Waals surface area contributed by atoms with Gasteiger partial charge < -0.3 is 19.4 Å². The van der Waals surface area contributed by atoms with Crippen LogP contribution in [0.1, 0.15) is 31.9 Å². The first-order valence-corrected chi connectivity index (χ1v) is 8.15. The van der Waals surface area contributed by atoms with Gasteiger partial charge in [-0.15, -0.1) is 0 Å². The SMILES string of the molecule is COc1ccc(OCCOc2cccc(C=NO)c2)c(C(C)(C)C)c1. The summed E-state index contributed by atoms with van der Waals surface area (Å²) in [6.45, 7) is 7.25. The van der Waals surface area contributed by atoms with Crippen LogP contribution in [0, 0.1) is 0 Å². The lowest BCUT2D eigenvalue weighted by atomic mass is 9.86. The van der Waals surface area contributed by atoms with E-state index in [1.165, 1.54) is 6.21 Å². The van der Waals surface area contributed by atoms with Gasteiger partial charge in [-0.1, -0.05) is 38.1 Å². The van der Waals surface area contributed by atoms with Gasteiger partial charge in [0.1, 0.15) is 30.5 Å². The highest BCUT2D eigenvalue weighted by Crippen LogP contribution is 2.34. The Morgan fingerprint density at radius 1 is 1.00 bits per heavy atom. The molecule has 0 fully saturated rings. The number of nitrogens with zero attached hydrogens (tertiary/aromatic N) is 1. The van der Waals surface area contributed by atoms with Crippen molar-refractivity contribution in [3.8, 4) is 17.2 Å². The average Bonchev–Trinajstić information content (AvgIpc) is 2.58. The summed E-state index contributed by atoms with van der Waals surface area (Å²) in [6.07, 6.45) is 1.36. The summed E-state index contributed by atoms with van der Waals surface area (Å²) in [5, 5.41) is 11.6. The number of hydrogen-bond acceptors (Lipinski definition) is 5. The Hall–Kier alpha value is -2.69. The van der Waals surface area contributed by atoms with Crippen LogP contribution in [-0.2, 0) is 5.41 Å². The van der Waals surface area contributed by atoms with Gasteiger partial charge in [-0.25, -0.2) is 0 Å². The predicted octanol–water partition coefficient (Wildman–Crippen LogP) is 4.26. The zero-order valence-electron chi connectivity index (χ0n) is 15.2. The second-order valence-corrected chi connectivity index (χ2v) is 6.63. The monoisotopic (exact) mass is 343 g/mol. The van der Waals surface area contributed by atoms with E-state index in [0.29, 0.717) is 19.0 Å². The number of rotatable bonds is 7. The van der Waals surface area contributed by atoms with Crippen LogP contribution in [0.25, 0.3) is 0 Å². The Labute approximate surface area is 148 Å². The lowest BCUT2D eigenvalue weighted by molar-refractivity contribution is 0.214. The van der Waals surface area contributed by atoms with E-state index in [-0.39, 0.29) is 5.41 Å². The van der Waals surface area contributed by atoms with Crippen molar-refractivity contribution in [1.82, 2.24) is 0 Å². The Kier molecular flexibility index (Phi) is 6.28. The van der Waals surface area contributed by atoms with E-state index in [1.807, 2.05) is 36.4 Å². The molecule has 2 aromatic rings. The van der Waals surface area contributed by atoms with Gasteiger partial charge >= 0.3 is 0 Å². The fourth-order valence-electron chi connectivity index (χ4n) is 2.41. The van der Waals surface area contributed by atoms with E-state index < -0.39 is 0 Å². The molecule has 0 aliphatic carbocycles. The molecule has 0 unspecified atom stereocenters. The van der Waals surface area contributed by atoms with E-state index in [0.717, 1.165) is 22.6 Å². The molecule has 0 spiro atoms. The molecular weight excluding hydrogens is 318 g/mol. The highest BCUT2D eigenvalue weighted by atomic mass is 16.5. The van der Waals surface area contributed by atoms with Crippen LogP contribution in [-0.4, -0.2) is 31.7 Å². The Balaban J connectivity index is 1.97. The minimum absolute atomic E-state index is 0.0529. The second kappa shape index (κ2) is 8.42. The van der Waals surface area contributed by atoms with E-state index in [2.05, 4.69) is 25.9 Å². The fraction of sp³-hybridized carbons (Fsp3) is 0.350. The van der Waals surface area contributed by atoms with Crippen molar-refractivity contribution in [2.24, 2.45) is 5.16 Å². The second-order valence-electron chi connectivity index (χ2n) is 6.63. The first kappa shape index (κ1) is 18.6. The van der Waals surface area contributed by atoms with Gasteiger partial charge in [0.25, 0.3) is 0 Å². The first-order valence-electron chi connectivity index (χ1n) is 8.15. The number of methoxy groups -OCH3 is 1. The molecule has 134 valence electrons. The molecule has 0 saturated heterocycles. The van der Waals surface area contributed by atoms with Gasteiger partial charge in [0.05, 0.1) is 13.3 Å². The molecule has 1 N–H and O–H groups in total. The van der Waals surface area contributed by atoms with Crippen molar-refractivity contribution < 1.29 is 19.4 Å². The number of oxime groups is 1. The van der Waals surface area contributed by atoms with Crippen molar-refractivity contribution in [2.45, 2.75) is 26.2 Å². The predicted molar refractivity (Wildman–Crippen MR) is 98.5 cm³/mol. The summed E-state index contributed by atoms with van der Waals surface area (Å²) in [6, 6.07) is 13.1. The largest absolute Gasteiger partial charge is 0.497 e. The van der Waals surface area contributed by atoms with Gasteiger partial charge in [0, 0.05) is 5.56 Å². The van der Waals surface area contributed by atoms with E-state index in [1.54, 1.807) is 13.2 Å². The highest BCUT2D eigenvalue weighted by Gasteiger charge is 2.20. The van der Waals surface area contributed by atoms with Gasteiger partial charge in [-0.05, 0) is 41.3 Å². The summed E-state index contributed by atoms with van der Waals surface area (Å²) in [5.74, 6) is 2.35. The van der Waals surface area contributed by atoms with Crippen molar-refractivity contribution in [3.63, 3.8) is 0 Å². The maximum absolute atomic E-state index is 8.58. The van der Waals surface area contributed by atoms with Crippen LogP contribution >= 0.6 is 0 Å². The number of hydrogen-bond donors (Lipinski definition) is 1. The van der Waals surface area contributed by atoms with E-state index in [4.69, 9.17) is 19.4 Å². The van der Waals surface area contributed by atoms with Crippen LogP contribution in [0.15, 0.2) is 47.6 Å². The van der Waals surface area contributed by atoms with Crippen LogP contribution in [0.2, 0.25) is 0 Å².